The first-order chi connectivity index (χ1) is 17.6. The van der Waals surface area contributed by atoms with Gasteiger partial charge in [-0.15, -0.1) is 11.3 Å². The molecule has 2 fully saturated rings. The lowest BCUT2D eigenvalue weighted by molar-refractivity contribution is 0.122. The lowest BCUT2D eigenvalue weighted by atomic mass is 10.1. The fraction of sp³-hybridized carbons (Fsp3) is 0.545. The Balaban J connectivity index is 1.37. The van der Waals surface area contributed by atoms with Crippen LogP contribution < -0.4 is 10.6 Å². The molecule has 3 aromatic heterocycles. The van der Waals surface area contributed by atoms with Crippen LogP contribution in [0.25, 0.3) is 21.6 Å². The van der Waals surface area contributed by atoms with E-state index in [0.717, 1.165) is 40.3 Å². The summed E-state index contributed by atoms with van der Waals surface area (Å²) in [7, 11) is -7.26. The van der Waals surface area contributed by atoms with Crippen molar-refractivity contribution in [2.24, 2.45) is 0 Å². The maximum atomic E-state index is 12.5. The van der Waals surface area contributed by atoms with E-state index >= 15 is 0 Å². The number of piperidine rings is 1. The number of fused-ring (bicyclic) bond motifs is 1. The smallest absolute Gasteiger partial charge is 0.219 e. The third kappa shape index (κ3) is 6.17. The zero-order chi connectivity index (χ0) is 26.2. The van der Waals surface area contributed by atoms with Gasteiger partial charge in [0.2, 0.25) is 5.95 Å². The Morgan fingerprint density at radius 2 is 1.73 bits per heavy atom. The highest BCUT2D eigenvalue weighted by Crippen LogP contribution is 2.35. The predicted octanol–water partition coefficient (Wildman–Crippen LogP) is 0.948. The first-order valence-electron chi connectivity index (χ1n) is 11.9. The number of rotatable bonds is 7. The van der Waals surface area contributed by atoms with E-state index in [9.17, 15) is 16.8 Å². The van der Waals surface area contributed by atoms with Gasteiger partial charge in [0.1, 0.15) is 0 Å². The van der Waals surface area contributed by atoms with Gasteiger partial charge in [0.15, 0.2) is 36.4 Å². The normalized spacial score (nSPS) is 18.5. The number of ether oxygens (including phenoxy) is 1. The van der Waals surface area contributed by atoms with Crippen LogP contribution in [0.4, 0.5) is 11.8 Å². The van der Waals surface area contributed by atoms with E-state index in [1.165, 1.54) is 0 Å². The second-order valence-corrected chi connectivity index (χ2v) is 15.3. The summed E-state index contributed by atoms with van der Waals surface area (Å²) in [6, 6.07) is 2.06. The van der Waals surface area contributed by atoms with Crippen LogP contribution in [-0.4, -0.2) is 97.7 Å². The monoisotopic (exact) mass is 567 g/mol. The van der Waals surface area contributed by atoms with Crippen molar-refractivity contribution >= 4 is 53.0 Å². The number of thiophene rings is 1. The summed E-state index contributed by atoms with van der Waals surface area (Å²) in [4.78, 5) is 23.3. The second kappa shape index (κ2) is 10.4. The number of morpholine rings is 1. The van der Waals surface area contributed by atoms with Crippen molar-refractivity contribution in [3.05, 3.63) is 23.3 Å². The number of hydrogen-bond acceptors (Lipinski definition) is 13. The Kier molecular flexibility index (Phi) is 7.33. The quantitative estimate of drug-likeness (QED) is 0.431. The fourth-order valence-electron chi connectivity index (χ4n) is 4.66. The number of anilines is 2. The fourth-order valence-corrected chi connectivity index (χ4v) is 9.90. The van der Waals surface area contributed by atoms with Crippen molar-refractivity contribution in [2.45, 2.75) is 24.6 Å². The summed E-state index contributed by atoms with van der Waals surface area (Å²) in [5.41, 5.74) is 7.15. The van der Waals surface area contributed by atoms with Gasteiger partial charge in [-0.25, -0.2) is 36.8 Å². The number of nitrogen functional groups attached to an aromatic ring is 1. The molecule has 5 rings (SSSR count). The molecule has 12 nitrogen and oxygen atoms in total. The molecule has 2 N–H and O–H groups in total. The van der Waals surface area contributed by atoms with Gasteiger partial charge >= 0.3 is 0 Å². The van der Waals surface area contributed by atoms with Crippen LogP contribution in [0.15, 0.2) is 18.5 Å². The van der Waals surface area contributed by atoms with Gasteiger partial charge in [-0.05, 0) is 32.0 Å². The summed E-state index contributed by atoms with van der Waals surface area (Å²) >= 11 is 1.63. The predicted molar refractivity (Wildman–Crippen MR) is 143 cm³/mol. The van der Waals surface area contributed by atoms with E-state index < -0.39 is 30.0 Å². The highest BCUT2D eigenvalue weighted by atomic mass is 32.3. The molecule has 0 aromatic carbocycles. The molecule has 200 valence electrons. The van der Waals surface area contributed by atoms with Crippen molar-refractivity contribution in [1.29, 1.82) is 0 Å². The Morgan fingerprint density at radius 3 is 2.38 bits per heavy atom. The molecule has 3 aromatic rings. The van der Waals surface area contributed by atoms with Crippen molar-refractivity contribution in [2.75, 3.05) is 61.4 Å². The highest BCUT2D eigenvalue weighted by Gasteiger charge is 2.32. The van der Waals surface area contributed by atoms with Crippen LogP contribution in [0.3, 0.4) is 0 Å². The van der Waals surface area contributed by atoms with Crippen molar-refractivity contribution in [1.82, 2.24) is 24.8 Å². The highest BCUT2D eigenvalue weighted by molar-refractivity contribution is 8.08. The Labute approximate surface area is 219 Å². The minimum atomic E-state index is -3.67. The third-order valence-electron chi connectivity index (χ3n) is 6.45. The molecule has 2 aliphatic rings. The lowest BCUT2D eigenvalue weighted by Gasteiger charge is -2.31. The molecular weight excluding hydrogens is 538 g/mol. The van der Waals surface area contributed by atoms with E-state index in [2.05, 4.69) is 25.8 Å². The topological polar surface area (TPSA) is 162 Å². The van der Waals surface area contributed by atoms with E-state index in [1.807, 2.05) is 0 Å². The molecule has 15 heteroatoms. The standard InChI is InChI=1S/C22H29N7O5S3/c1-36(30,31)14-37(32,33)17-2-4-28(5-3-17)13-16-10-18-19(35-16)21(29-6-8-34-9-7-29)27-20(26-18)15-11-24-22(23)25-12-15/h10-12,17H,2-9,13-14H2,1H3,(H2,23,24,25). The molecule has 0 saturated carbocycles. The minimum absolute atomic E-state index is 0.184. The number of likely N-dealkylation sites (tertiary alicyclic amines) is 1. The van der Waals surface area contributed by atoms with Gasteiger partial charge in [-0.1, -0.05) is 0 Å². The average molecular weight is 568 g/mol. The van der Waals surface area contributed by atoms with Crippen LogP contribution >= 0.6 is 11.3 Å². The largest absolute Gasteiger partial charge is 0.378 e. The summed E-state index contributed by atoms with van der Waals surface area (Å²) in [5, 5.41) is -1.41. The van der Waals surface area contributed by atoms with Gasteiger partial charge in [0.25, 0.3) is 0 Å². The van der Waals surface area contributed by atoms with Crippen molar-refractivity contribution < 1.29 is 21.6 Å². The average Bonchev–Trinajstić information content (AvgIpc) is 3.25. The van der Waals surface area contributed by atoms with Gasteiger partial charge in [0.05, 0.1) is 34.2 Å². The Bertz CT molecular complexity index is 1480. The van der Waals surface area contributed by atoms with Crippen molar-refractivity contribution in [3.8, 4) is 11.4 Å². The molecule has 0 amide bonds. The van der Waals surface area contributed by atoms with Crippen LogP contribution in [0.1, 0.15) is 17.7 Å². The molecule has 2 aliphatic heterocycles. The number of aromatic nitrogens is 4. The number of sulfone groups is 2. The lowest BCUT2D eigenvalue weighted by Crippen LogP contribution is -2.40. The zero-order valence-corrected chi connectivity index (χ0v) is 22.9. The van der Waals surface area contributed by atoms with Crippen molar-refractivity contribution in [3.63, 3.8) is 0 Å². The summed E-state index contributed by atoms with van der Waals surface area (Å²) in [6.07, 6.45) is 5.02. The summed E-state index contributed by atoms with van der Waals surface area (Å²) in [5.74, 6) is 1.56. The summed E-state index contributed by atoms with van der Waals surface area (Å²) < 4.78 is 54.6. The molecule has 0 spiro atoms. The third-order valence-corrected chi connectivity index (χ3v) is 12.1. The van der Waals surface area contributed by atoms with E-state index in [4.69, 9.17) is 20.4 Å². The van der Waals surface area contributed by atoms with Crippen LogP contribution in [0.5, 0.6) is 0 Å². The number of hydrogen-bond donors (Lipinski definition) is 1. The first-order valence-corrected chi connectivity index (χ1v) is 16.5. The van der Waals surface area contributed by atoms with E-state index in [-0.39, 0.29) is 5.95 Å². The molecule has 5 heterocycles. The number of nitrogens with two attached hydrogens (primary N) is 1. The Hall–Kier alpha value is -2.46. The van der Waals surface area contributed by atoms with E-state index in [1.54, 1.807) is 23.7 Å². The molecule has 0 atom stereocenters. The van der Waals surface area contributed by atoms with Gasteiger partial charge in [0, 0.05) is 43.2 Å². The van der Waals surface area contributed by atoms with Gasteiger partial charge < -0.3 is 15.4 Å². The molecule has 0 unspecified atom stereocenters. The molecule has 2 saturated heterocycles. The minimum Gasteiger partial charge on any atom is -0.378 e. The first kappa shape index (κ1) is 26.2. The molecule has 0 bridgehead atoms. The van der Waals surface area contributed by atoms with Gasteiger partial charge in [-0.2, -0.15) is 0 Å². The SMILES string of the molecule is CS(=O)(=O)CS(=O)(=O)C1CCN(Cc2cc3nc(-c4cnc(N)nc4)nc(N4CCOCC4)c3s2)CC1. The van der Waals surface area contributed by atoms with E-state index in [0.29, 0.717) is 57.1 Å². The molecular formula is C22H29N7O5S3. The Morgan fingerprint density at radius 1 is 1.05 bits per heavy atom. The summed E-state index contributed by atoms with van der Waals surface area (Å²) in [6.45, 7) is 4.53. The maximum Gasteiger partial charge on any atom is 0.219 e. The van der Waals surface area contributed by atoms with Crippen LogP contribution in [0.2, 0.25) is 0 Å². The number of nitrogens with zero attached hydrogens (tertiary/aromatic N) is 6. The van der Waals surface area contributed by atoms with Gasteiger partial charge in [-0.3, -0.25) is 4.90 Å². The molecule has 0 radical (unpaired) electrons. The zero-order valence-electron chi connectivity index (χ0n) is 20.4. The molecule has 0 aliphatic carbocycles. The van der Waals surface area contributed by atoms with Crippen LogP contribution in [0, 0.1) is 0 Å². The van der Waals surface area contributed by atoms with Crippen LogP contribution in [-0.2, 0) is 31.0 Å². The maximum absolute atomic E-state index is 12.5. The molecule has 37 heavy (non-hydrogen) atoms. The second-order valence-electron chi connectivity index (χ2n) is 9.41.